The van der Waals surface area contributed by atoms with Crippen molar-refractivity contribution in [3.8, 4) is 0 Å². The van der Waals surface area contributed by atoms with Crippen LogP contribution in [0.1, 0.15) is 36.3 Å². The lowest BCUT2D eigenvalue weighted by Gasteiger charge is -2.55. The fourth-order valence-corrected chi connectivity index (χ4v) is 4.91. The van der Waals surface area contributed by atoms with Crippen LogP contribution in [-0.4, -0.2) is 26.2 Å². The second kappa shape index (κ2) is 7.55. The smallest absolute Gasteiger partial charge is 0.243 e. The Morgan fingerprint density at radius 3 is 2.33 bits per heavy atom. The maximum atomic E-state index is 12.7. The quantitative estimate of drug-likeness (QED) is 0.645. The van der Waals surface area contributed by atoms with Gasteiger partial charge in [0, 0.05) is 25.7 Å². The predicted octanol–water partition coefficient (Wildman–Crippen LogP) is 4.03. The fourth-order valence-electron chi connectivity index (χ4n) is 4.91. The summed E-state index contributed by atoms with van der Waals surface area (Å²) in [4.78, 5) is 14.8. The minimum Gasteiger partial charge on any atom is -0.378 e. The van der Waals surface area contributed by atoms with E-state index in [-0.39, 0.29) is 11.8 Å². The van der Waals surface area contributed by atoms with Crippen molar-refractivity contribution >= 4 is 17.8 Å². The number of nitrogens with one attached hydrogen (secondary N) is 1. The van der Waals surface area contributed by atoms with Crippen molar-refractivity contribution < 1.29 is 4.79 Å². The van der Waals surface area contributed by atoms with E-state index in [1.165, 1.54) is 12.0 Å². The molecule has 4 nitrogen and oxygen atoms in total. The van der Waals surface area contributed by atoms with Gasteiger partial charge in [0.25, 0.3) is 0 Å². The largest absolute Gasteiger partial charge is 0.378 e. The third-order valence-electron chi connectivity index (χ3n) is 6.21. The topological polar surface area (TPSA) is 44.7 Å². The number of carbonyl (C=O) groups excluding carboxylic acids is 1. The lowest BCUT2D eigenvalue weighted by atomic mass is 9.48. The minimum atomic E-state index is 0.0815. The first-order valence-corrected chi connectivity index (χ1v) is 9.80. The molecule has 0 heterocycles. The van der Waals surface area contributed by atoms with E-state index < -0.39 is 0 Å². The highest BCUT2D eigenvalue weighted by molar-refractivity contribution is 5.84. The summed E-state index contributed by atoms with van der Waals surface area (Å²) in [5, 5.41) is 4.21. The van der Waals surface area contributed by atoms with Crippen LogP contribution in [0.15, 0.2) is 59.7 Å². The van der Waals surface area contributed by atoms with E-state index in [9.17, 15) is 4.79 Å². The number of amides is 1. The van der Waals surface area contributed by atoms with Gasteiger partial charge in [-0.15, -0.1) is 0 Å². The van der Waals surface area contributed by atoms with E-state index in [1.54, 1.807) is 6.21 Å². The van der Waals surface area contributed by atoms with Gasteiger partial charge in [-0.25, -0.2) is 5.43 Å². The Hall–Kier alpha value is -2.62. The van der Waals surface area contributed by atoms with Gasteiger partial charge in [-0.2, -0.15) is 5.10 Å². The van der Waals surface area contributed by atoms with Crippen LogP contribution in [0, 0.1) is 17.8 Å². The van der Waals surface area contributed by atoms with E-state index in [0.717, 1.165) is 24.1 Å². The van der Waals surface area contributed by atoms with Crippen LogP contribution in [0.3, 0.4) is 0 Å². The Morgan fingerprint density at radius 2 is 1.70 bits per heavy atom. The van der Waals surface area contributed by atoms with Crippen LogP contribution in [0.4, 0.5) is 5.69 Å². The summed E-state index contributed by atoms with van der Waals surface area (Å²) in [6.45, 7) is 0. The number of nitrogens with zero attached hydrogens (tertiary/aromatic N) is 2. The van der Waals surface area contributed by atoms with Crippen molar-refractivity contribution in [1.29, 1.82) is 0 Å². The molecule has 4 heteroatoms. The minimum absolute atomic E-state index is 0.0815. The van der Waals surface area contributed by atoms with Gasteiger partial charge >= 0.3 is 0 Å². The lowest BCUT2D eigenvalue weighted by molar-refractivity contribution is -0.140. The van der Waals surface area contributed by atoms with E-state index in [1.807, 2.05) is 38.4 Å². The molecule has 2 aromatic rings. The van der Waals surface area contributed by atoms with Crippen LogP contribution in [-0.2, 0) is 4.79 Å². The molecule has 0 aromatic heterocycles. The number of rotatable bonds is 5. The maximum Gasteiger partial charge on any atom is 0.243 e. The number of hydrogen-bond acceptors (Lipinski definition) is 3. The predicted molar refractivity (Wildman–Crippen MR) is 110 cm³/mol. The van der Waals surface area contributed by atoms with Gasteiger partial charge in [0.2, 0.25) is 5.91 Å². The Bertz CT molecular complexity index is 801. The molecule has 4 rings (SSSR count). The van der Waals surface area contributed by atoms with E-state index in [4.69, 9.17) is 0 Å². The van der Waals surface area contributed by atoms with Crippen LogP contribution in [0.25, 0.3) is 0 Å². The summed E-state index contributed by atoms with van der Waals surface area (Å²) in [6, 6.07) is 18.8. The number of hydrogen-bond donors (Lipinski definition) is 1. The molecular weight excluding hydrogens is 334 g/mol. The highest BCUT2D eigenvalue weighted by Crippen LogP contribution is 2.59. The summed E-state index contributed by atoms with van der Waals surface area (Å²) < 4.78 is 0. The summed E-state index contributed by atoms with van der Waals surface area (Å²) >= 11 is 0. The van der Waals surface area contributed by atoms with Crippen LogP contribution < -0.4 is 10.3 Å². The normalized spacial score (nSPS) is 26.4. The van der Waals surface area contributed by atoms with Gasteiger partial charge in [0.05, 0.1) is 6.21 Å². The molecule has 2 aliphatic carbocycles. The monoisotopic (exact) mass is 361 g/mol. The van der Waals surface area contributed by atoms with Crippen molar-refractivity contribution in [1.82, 2.24) is 5.43 Å². The number of anilines is 1. The summed E-state index contributed by atoms with van der Waals surface area (Å²) in [5.41, 5.74) is 6.31. The Kier molecular flexibility index (Phi) is 4.97. The molecule has 2 aliphatic rings. The Balaban J connectivity index is 1.38. The number of benzene rings is 2. The first-order valence-electron chi connectivity index (χ1n) is 9.80. The third kappa shape index (κ3) is 3.48. The molecule has 1 N–H and O–H groups in total. The number of hydrazone groups is 1. The molecule has 0 radical (unpaired) electrons. The average molecular weight is 361 g/mol. The third-order valence-corrected chi connectivity index (χ3v) is 6.21. The zero-order valence-corrected chi connectivity index (χ0v) is 16.0. The Morgan fingerprint density at radius 1 is 1.04 bits per heavy atom. The zero-order valence-electron chi connectivity index (χ0n) is 16.0. The second-order valence-electron chi connectivity index (χ2n) is 7.94. The number of carbonyl (C=O) groups is 1. The van der Waals surface area contributed by atoms with Gasteiger partial charge in [-0.1, -0.05) is 48.9 Å². The second-order valence-corrected chi connectivity index (χ2v) is 7.94. The van der Waals surface area contributed by atoms with Crippen LogP contribution in [0.5, 0.6) is 0 Å². The van der Waals surface area contributed by atoms with Crippen molar-refractivity contribution in [3.63, 3.8) is 0 Å². The van der Waals surface area contributed by atoms with E-state index in [2.05, 4.69) is 45.8 Å². The first kappa shape index (κ1) is 17.8. The molecule has 0 spiro atoms. The van der Waals surface area contributed by atoms with Crippen molar-refractivity contribution in [2.24, 2.45) is 22.9 Å². The first-order chi connectivity index (χ1) is 13.1. The van der Waals surface area contributed by atoms with Gasteiger partial charge in [-0.05, 0) is 53.9 Å². The van der Waals surface area contributed by atoms with E-state index in [0.29, 0.717) is 17.8 Å². The summed E-state index contributed by atoms with van der Waals surface area (Å²) in [5.74, 6) is 1.65. The van der Waals surface area contributed by atoms with Crippen LogP contribution in [0.2, 0.25) is 0 Å². The summed E-state index contributed by atoms with van der Waals surface area (Å²) in [6.07, 6.45) is 5.25. The van der Waals surface area contributed by atoms with Crippen molar-refractivity contribution in [2.75, 3.05) is 19.0 Å². The molecule has 1 amide bonds. The highest BCUT2D eigenvalue weighted by Gasteiger charge is 2.55. The van der Waals surface area contributed by atoms with Crippen molar-refractivity contribution in [3.05, 3.63) is 65.7 Å². The SMILES string of the molecule is CN(C)c1ccc(/C=N\NC(=O)C2[C@H]3CCC[C@@H]2C3c2ccccc2)cc1. The van der Waals surface area contributed by atoms with Gasteiger partial charge in [0.1, 0.15) is 0 Å². The molecule has 2 saturated carbocycles. The Labute approximate surface area is 161 Å². The van der Waals surface area contributed by atoms with Crippen molar-refractivity contribution in [2.45, 2.75) is 25.2 Å². The van der Waals surface area contributed by atoms with Gasteiger partial charge < -0.3 is 4.90 Å². The molecule has 2 bridgehead atoms. The standard InChI is InChI=1S/C23H27N3O/c1-26(2)18-13-11-16(12-14-18)15-24-25-23(27)22-19-9-6-10-20(22)21(19)17-7-4-3-5-8-17/h3-5,7-8,11-15,19-22H,6,9-10H2,1-2H3,(H,25,27)/b24-15-/t19-,20+,21?,22?. The van der Waals surface area contributed by atoms with Crippen LogP contribution >= 0.6 is 0 Å². The molecule has 2 fully saturated rings. The van der Waals surface area contributed by atoms with E-state index >= 15 is 0 Å². The van der Waals surface area contributed by atoms with Gasteiger partial charge in [0.15, 0.2) is 0 Å². The number of fused-ring (bicyclic) bond motifs is 2. The molecule has 140 valence electrons. The lowest BCUT2D eigenvalue weighted by Crippen LogP contribution is -2.54. The molecule has 0 saturated heterocycles. The molecule has 2 unspecified atom stereocenters. The maximum absolute atomic E-state index is 12.7. The molecular formula is C23H27N3O. The molecule has 4 atom stereocenters. The highest BCUT2D eigenvalue weighted by atomic mass is 16.2. The zero-order chi connectivity index (χ0) is 18.8. The molecule has 2 aromatic carbocycles. The molecule has 0 aliphatic heterocycles. The van der Waals surface area contributed by atoms with Gasteiger partial charge in [-0.3, -0.25) is 4.79 Å². The molecule has 27 heavy (non-hydrogen) atoms. The fraction of sp³-hybridized carbons (Fsp3) is 0.391. The average Bonchev–Trinajstić information content (AvgIpc) is 2.69. The summed E-state index contributed by atoms with van der Waals surface area (Å²) in [7, 11) is 4.03.